The summed E-state index contributed by atoms with van der Waals surface area (Å²) in [7, 11) is 0. The molecule has 10 rings (SSSR count). The quantitative estimate of drug-likeness (QED) is 0.205. The van der Waals surface area contributed by atoms with Gasteiger partial charge >= 0.3 is 0 Å². The summed E-state index contributed by atoms with van der Waals surface area (Å²) in [6.45, 7) is 0. The maximum Gasteiger partial charge on any atom is 0.235 e. The molecule has 0 aliphatic heterocycles. The first-order valence-corrected chi connectivity index (χ1v) is 15.9. The fraction of sp³-hybridized carbons (Fsp3) is 0. The second kappa shape index (κ2) is 9.36. The molecule has 0 amide bonds. The van der Waals surface area contributed by atoms with Crippen molar-refractivity contribution in [1.29, 1.82) is 0 Å². The van der Waals surface area contributed by atoms with E-state index in [2.05, 4.69) is 143 Å². The minimum Gasteiger partial charge on any atom is -0.309 e. The van der Waals surface area contributed by atoms with Crippen LogP contribution < -0.4 is 0 Å². The molecule has 6 aromatic carbocycles. The molecular weight excluding hydrogens is 569 g/mol. The summed E-state index contributed by atoms with van der Waals surface area (Å²) in [5, 5.41) is 7.53. The van der Waals surface area contributed by atoms with E-state index in [9.17, 15) is 0 Å². The predicted molar refractivity (Wildman–Crippen MR) is 189 cm³/mol. The first-order chi connectivity index (χ1) is 22.3. The molecule has 0 fully saturated rings. The molecule has 10 aromatic rings. The van der Waals surface area contributed by atoms with Crippen LogP contribution in [0.3, 0.4) is 0 Å². The van der Waals surface area contributed by atoms with Gasteiger partial charge in [0.2, 0.25) is 5.95 Å². The molecule has 4 aromatic heterocycles. The van der Waals surface area contributed by atoms with Gasteiger partial charge in [0, 0.05) is 59.2 Å². The summed E-state index contributed by atoms with van der Waals surface area (Å²) in [6.07, 6.45) is 1.88. The van der Waals surface area contributed by atoms with E-state index in [1.807, 2.05) is 23.6 Å². The second-order valence-corrected chi connectivity index (χ2v) is 12.5. The van der Waals surface area contributed by atoms with E-state index < -0.39 is 0 Å². The van der Waals surface area contributed by atoms with Crippen molar-refractivity contribution in [2.45, 2.75) is 0 Å². The molecule has 210 valence electrons. The van der Waals surface area contributed by atoms with Gasteiger partial charge in [0.05, 0.1) is 27.8 Å². The zero-order valence-electron chi connectivity index (χ0n) is 24.1. The highest BCUT2D eigenvalue weighted by molar-refractivity contribution is 7.26. The fourth-order valence-corrected chi connectivity index (χ4v) is 8.31. The summed E-state index contributed by atoms with van der Waals surface area (Å²) in [5.41, 5.74) is 7.66. The van der Waals surface area contributed by atoms with Gasteiger partial charge in [-0.05, 0) is 48.5 Å². The first kappa shape index (κ1) is 24.6. The molecule has 0 unspecified atom stereocenters. The van der Waals surface area contributed by atoms with Gasteiger partial charge in [-0.3, -0.25) is 4.57 Å². The van der Waals surface area contributed by atoms with Crippen molar-refractivity contribution in [2.75, 3.05) is 0 Å². The lowest BCUT2D eigenvalue weighted by molar-refractivity contribution is 0.992. The normalized spacial score (nSPS) is 12.0. The van der Waals surface area contributed by atoms with Gasteiger partial charge in [0.15, 0.2) is 0 Å². The van der Waals surface area contributed by atoms with E-state index in [1.54, 1.807) is 0 Å². The SMILES string of the molecule is c1ccc(-n2c3ccccc3c3ccc(-c4ccnc(-n5c6ccccc6c6c7sc8ccccc8c7ccc65)n4)cc32)cc1. The number of benzene rings is 6. The first-order valence-electron chi connectivity index (χ1n) is 15.1. The molecule has 4 nitrogen and oxygen atoms in total. The number of fused-ring (bicyclic) bond motifs is 10. The molecule has 0 bridgehead atoms. The van der Waals surface area contributed by atoms with E-state index in [4.69, 9.17) is 9.97 Å². The topological polar surface area (TPSA) is 35.6 Å². The average molecular weight is 593 g/mol. The van der Waals surface area contributed by atoms with Crippen LogP contribution in [-0.2, 0) is 0 Å². The van der Waals surface area contributed by atoms with Crippen LogP contribution in [0.1, 0.15) is 0 Å². The number of aromatic nitrogens is 4. The van der Waals surface area contributed by atoms with Crippen LogP contribution >= 0.6 is 11.3 Å². The zero-order valence-corrected chi connectivity index (χ0v) is 24.9. The molecule has 0 saturated heterocycles. The van der Waals surface area contributed by atoms with Crippen molar-refractivity contribution < 1.29 is 0 Å². The van der Waals surface area contributed by atoms with Crippen molar-refractivity contribution >= 4 is 75.1 Å². The zero-order chi connectivity index (χ0) is 29.5. The Balaban J connectivity index is 1.21. The Hall–Kier alpha value is -5.78. The third-order valence-electron chi connectivity index (χ3n) is 9.01. The van der Waals surface area contributed by atoms with Crippen LogP contribution in [0, 0.1) is 0 Å². The Morgan fingerprint density at radius 2 is 1.18 bits per heavy atom. The summed E-state index contributed by atoms with van der Waals surface area (Å²) >= 11 is 1.86. The molecule has 45 heavy (non-hydrogen) atoms. The highest BCUT2D eigenvalue weighted by Crippen LogP contribution is 2.43. The molecule has 0 spiro atoms. The number of nitrogens with zero attached hydrogens (tertiary/aromatic N) is 4. The second-order valence-electron chi connectivity index (χ2n) is 11.4. The van der Waals surface area contributed by atoms with E-state index >= 15 is 0 Å². The largest absolute Gasteiger partial charge is 0.309 e. The van der Waals surface area contributed by atoms with Crippen LogP contribution in [-0.4, -0.2) is 19.1 Å². The van der Waals surface area contributed by atoms with E-state index in [-0.39, 0.29) is 0 Å². The third kappa shape index (κ3) is 3.53. The fourth-order valence-electron chi connectivity index (χ4n) is 7.05. The molecule has 0 atom stereocenters. The predicted octanol–water partition coefficient (Wildman–Crippen LogP) is 10.7. The molecule has 0 aliphatic rings. The van der Waals surface area contributed by atoms with Gasteiger partial charge in [-0.2, -0.15) is 0 Å². The molecule has 4 heterocycles. The average Bonchev–Trinajstić information content (AvgIpc) is 3.76. The minimum atomic E-state index is 0.669. The lowest BCUT2D eigenvalue weighted by Gasteiger charge is -2.10. The van der Waals surface area contributed by atoms with Crippen LogP contribution in [0.4, 0.5) is 0 Å². The van der Waals surface area contributed by atoms with Gasteiger partial charge in [-0.25, -0.2) is 9.97 Å². The van der Waals surface area contributed by atoms with Crippen LogP contribution in [0.2, 0.25) is 0 Å². The lowest BCUT2D eigenvalue weighted by atomic mass is 10.1. The Morgan fingerprint density at radius 1 is 0.489 bits per heavy atom. The molecular formula is C40H24N4S. The van der Waals surface area contributed by atoms with Crippen molar-refractivity contribution in [2.24, 2.45) is 0 Å². The van der Waals surface area contributed by atoms with Crippen LogP contribution in [0.5, 0.6) is 0 Å². The minimum absolute atomic E-state index is 0.669. The highest BCUT2D eigenvalue weighted by Gasteiger charge is 2.19. The number of thiophene rings is 1. The lowest BCUT2D eigenvalue weighted by Crippen LogP contribution is -2.01. The maximum atomic E-state index is 5.22. The summed E-state index contributed by atoms with van der Waals surface area (Å²) < 4.78 is 7.18. The number of hydrogen-bond acceptors (Lipinski definition) is 3. The Bertz CT molecular complexity index is 2770. The molecule has 0 saturated carbocycles. The van der Waals surface area contributed by atoms with Crippen molar-refractivity contribution in [3.05, 3.63) is 146 Å². The Kier molecular flexibility index (Phi) is 5.12. The molecule has 0 radical (unpaired) electrons. The Morgan fingerprint density at radius 3 is 2.04 bits per heavy atom. The summed E-state index contributed by atoms with van der Waals surface area (Å²) in [6, 6.07) is 49.7. The smallest absolute Gasteiger partial charge is 0.235 e. The third-order valence-corrected chi connectivity index (χ3v) is 10.2. The van der Waals surface area contributed by atoms with Gasteiger partial charge < -0.3 is 4.57 Å². The molecule has 0 aliphatic carbocycles. The van der Waals surface area contributed by atoms with E-state index in [0.29, 0.717) is 5.95 Å². The molecule has 5 heteroatoms. The summed E-state index contributed by atoms with van der Waals surface area (Å²) in [5.74, 6) is 0.669. The highest BCUT2D eigenvalue weighted by atomic mass is 32.1. The Labute approximate surface area is 262 Å². The number of para-hydroxylation sites is 3. The van der Waals surface area contributed by atoms with Crippen molar-refractivity contribution in [3.8, 4) is 22.9 Å². The van der Waals surface area contributed by atoms with Crippen molar-refractivity contribution in [3.63, 3.8) is 0 Å². The van der Waals surface area contributed by atoms with Crippen LogP contribution in [0.25, 0.3) is 86.7 Å². The number of hydrogen-bond donors (Lipinski definition) is 0. The number of rotatable bonds is 3. The monoisotopic (exact) mass is 592 g/mol. The van der Waals surface area contributed by atoms with Gasteiger partial charge in [-0.15, -0.1) is 11.3 Å². The van der Waals surface area contributed by atoms with Crippen molar-refractivity contribution in [1.82, 2.24) is 19.1 Å². The maximum absolute atomic E-state index is 5.22. The standard InChI is InChI=1S/C40H24N4S/c1-2-10-26(11-3-1)43-33-15-7-4-12-27(33)28-19-18-25(24-36(28)43)32-22-23-41-40(42-32)44-34-16-8-5-14-31(34)38-35(44)21-20-30-29-13-6-9-17-37(29)45-39(30)38/h1-24H. The van der Waals surface area contributed by atoms with Gasteiger partial charge in [-0.1, -0.05) is 91.0 Å². The van der Waals surface area contributed by atoms with Gasteiger partial charge in [0.1, 0.15) is 0 Å². The summed E-state index contributed by atoms with van der Waals surface area (Å²) in [4.78, 5) is 10.1. The van der Waals surface area contributed by atoms with Gasteiger partial charge in [0.25, 0.3) is 0 Å². The van der Waals surface area contributed by atoms with E-state index in [1.165, 1.54) is 47.2 Å². The van der Waals surface area contributed by atoms with E-state index in [0.717, 1.165) is 33.5 Å². The molecule has 0 N–H and O–H groups in total. The van der Waals surface area contributed by atoms with Crippen LogP contribution in [0.15, 0.2) is 146 Å².